The predicted octanol–water partition coefficient (Wildman–Crippen LogP) is -1.16. The molecule has 0 aliphatic heterocycles. The largest absolute Gasteiger partial charge is 0.384 e. The standard InChI is InChI=1S/C7H11N3O2/c8-5(6(12)4-11)3-7-9-1-2-10-7/h1-2,4-6,12H,3,8H2,(H,9,10). The zero-order chi connectivity index (χ0) is 8.97. The monoisotopic (exact) mass is 169 g/mol. The van der Waals surface area contributed by atoms with Gasteiger partial charge in [-0.05, 0) is 0 Å². The molecule has 0 radical (unpaired) electrons. The van der Waals surface area contributed by atoms with Crippen LogP contribution in [-0.4, -0.2) is 33.5 Å². The fourth-order valence-corrected chi connectivity index (χ4v) is 0.855. The third-order valence-corrected chi connectivity index (χ3v) is 1.56. The highest BCUT2D eigenvalue weighted by Crippen LogP contribution is 1.96. The van der Waals surface area contributed by atoms with E-state index in [0.29, 0.717) is 18.5 Å². The minimum absolute atomic E-state index is 0.368. The number of H-pyrrole nitrogens is 1. The first-order valence-electron chi connectivity index (χ1n) is 3.61. The molecule has 0 saturated heterocycles. The molecule has 2 unspecified atom stereocenters. The molecule has 0 aliphatic carbocycles. The number of nitrogens with zero attached hydrogens (tertiary/aromatic N) is 1. The number of aliphatic hydroxyl groups excluding tert-OH is 1. The van der Waals surface area contributed by atoms with Crippen molar-refractivity contribution in [2.24, 2.45) is 5.73 Å². The van der Waals surface area contributed by atoms with E-state index in [1.165, 1.54) is 0 Å². The molecule has 0 spiro atoms. The lowest BCUT2D eigenvalue weighted by atomic mass is 10.1. The van der Waals surface area contributed by atoms with Gasteiger partial charge in [-0.3, -0.25) is 0 Å². The van der Waals surface area contributed by atoms with Crippen molar-refractivity contribution in [1.82, 2.24) is 9.97 Å². The summed E-state index contributed by atoms with van der Waals surface area (Å²) in [6, 6.07) is -0.589. The molecule has 0 bridgehead atoms. The zero-order valence-corrected chi connectivity index (χ0v) is 6.47. The average Bonchev–Trinajstić information content (AvgIpc) is 2.55. The lowest BCUT2D eigenvalue weighted by Crippen LogP contribution is -2.37. The molecule has 0 saturated carbocycles. The van der Waals surface area contributed by atoms with Gasteiger partial charge in [-0.25, -0.2) is 4.98 Å². The van der Waals surface area contributed by atoms with Crippen LogP contribution in [0.1, 0.15) is 5.82 Å². The first kappa shape index (κ1) is 8.89. The number of carbonyl (C=O) groups is 1. The second kappa shape index (κ2) is 3.99. The Kier molecular flexibility index (Phi) is 2.95. The van der Waals surface area contributed by atoms with Crippen LogP contribution in [0.25, 0.3) is 0 Å². The van der Waals surface area contributed by atoms with Crippen molar-refractivity contribution in [3.8, 4) is 0 Å². The number of carbonyl (C=O) groups excluding carboxylic acids is 1. The number of rotatable bonds is 4. The molecule has 0 aromatic carbocycles. The van der Waals surface area contributed by atoms with E-state index in [4.69, 9.17) is 10.8 Å². The molecular weight excluding hydrogens is 158 g/mol. The second-order valence-electron chi connectivity index (χ2n) is 2.53. The number of nitrogens with one attached hydrogen (secondary N) is 1. The summed E-state index contributed by atoms with van der Waals surface area (Å²) in [7, 11) is 0. The number of imidazole rings is 1. The first-order valence-corrected chi connectivity index (χ1v) is 3.61. The molecule has 4 N–H and O–H groups in total. The van der Waals surface area contributed by atoms with Gasteiger partial charge in [0.1, 0.15) is 18.2 Å². The first-order chi connectivity index (χ1) is 5.74. The summed E-state index contributed by atoms with van der Waals surface area (Å²) in [6.45, 7) is 0. The normalized spacial score (nSPS) is 15.5. The van der Waals surface area contributed by atoms with Crippen molar-refractivity contribution in [3.63, 3.8) is 0 Å². The van der Waals surface area contributed by atoms with Gasteiger partial charge in [0.2, 0.25) is 0 Å². The van der Waals surface area contributed by atoms with E-state index in [2.05, 4.69) is 9.97 Å². The van der Waals surface area contributed by atoms with Crippen LogP contribution in [0, 0.1) is 0 Å². The molecule has 0 amide bonds. The van der Waals surface area contributed by atoms with E-state index in [0.717, 1.165) is 0 Å². The van der Waals surface area contributed by atoms with Crippen LogP contribution in [0.2, 0.25) is 0 Å². The molecule has 1 aromatic rings. The molecule has 66 valence electrons. The molecule has 5 heteroatoms. The Bertz CT molecular complexity index is 235. The van der Waals surface area contributed by atoms with Gasteiger partial charge in [0.05, 0.1) is 0 Å². The van der Waals surface area contributed by atoms with Crippen molar-refractivity contribution in [2.75, 3.05) is 0 Å². The summed E-state index contributed by atoms with van der Waals surface area (Å²) in [6.07, 6.45) is 2.93. The number of aldehydes is 1. The average molecular weight is 169 g/mol. The van der Waals surface area contributed by atoms with E-state index in [1.807, 2.05) is 0 Å². The fraction of sp³-hybridized carbons (Fsp3) is 0.429. The van der Waals surface area contributed by atoms with Crippen LogP contribution < -0.4 is 5.73 Å². The number of aromatic nitrogens is 2. The third-order valence-electron chi connectivity index (χ3n) is 1.56. The van der Waals surface area contributed by atoms with Crippen LogP contribution in [0.4, 0.5) is 0 Å². The highest BCUT2D eigenvalue weighted by Gasteiger charge is 2.14. The lowest BCUT2D eigenvalue weighted by molar-refractivity contribution is -0.115. The van der Waals surface area contributed by atoms with Crippen LogP contribution in [-0.2, 0) is 11.2 Å². The number of hydrogen-bond acceptors (Lipinski definition) is 4. The van der Waals surface area contributed by atoms with Crippen LogP contribution >= 0.6 is 0 Å². The fourth-order valence-electron chi connectivity index (χ4n) is 0.855. The molecule has 2 atom stereocenters. The molecule has 1 aromatic heterocycles. The summed E-state index contributed by atoms with van der Waals surface area (Å²) in [4.78, 5) is 16.9. The van der Waals surface area contributed by atoms with Crippen LogP contribution in [0.3, 0.4) is 0 Å². The van der Waals surface area contributed by atoms with Gasteiger partial charge in [-0.2, -0.15) is 0 Å². The Labute approximate surface area is 69.6 Å². The molecule has 5 nitrogen and oxygen atoms in total. The Balaban J connectivity index is 2.46. The van der Waals surface area contributed by atoms with Crippen molar-refractivity contribution in [2.45, 2.75) is 18.6 Å². The van der Waals surface area contributed by atoms with Gasteiger partial charge in [0.25, 0.3) is 0 Å². The van der Waals surface area contributed by atoms with E-state index in [9.17, 15) is 4.79 Å². The SMILES string of the molecule is NC(Cc1ncc[nH]1)C(O)C=O. The molecule has 0 fully saturated rings. The quantitative estimate of drug-likeness (QED) is 0.496. The second-order valence-corrected chi connectivity index (χ2v) is 2.53. The Morgan fingerprint density at radius 3 is 3.08 bits per heavy atom. The van der Waals surface area contributed by atoms with Gasteiger partial charge >= 0.3 is 0 Å². The zero-order valence-electron chi connectivity index (χ0n) is 6.47. The molecule has 12 heavy (non-hydrogen) atoms. The molecular formula is C7H11N3O2. The summed E-state index contributed by atoms with van der Waals surface area (Å²) in [5.74, 6) is 0.670. The van der Waals surface area contributed by atoms with E-state index in [-0.39, 0.29) is 0 Å². The highest BCUT2D eigenvalue weighted by molar-refractivity contribution is 5.56. The molecule has 1 rings (SSSR count). The van der Waals surface area contributed by atoms with Crippen molar-refractivity contribution in [3.05, 3.63) is 18.2 Å². The number of hydrogen-bond donors (Lipinski definition) is 3. The van der Waals surface area contributed by atoms with E-state index in [1.54, 1.807) is 12.4 Å². The van der Waals surface area contributed by atoms with Crippen molar-refractivity contribution >= 4 is 6.29 Å². The lowest BCUT2D eigenvalue weighted by Gasteiger charge is -2.10. The van der Waals surface area contributed by atoms with Crippen molar-refractivity contribution in [1.29, 1.82) is 0 Å². The molecule has 1 heterocycles. The predicted molar refractivity (Wildman–Crippen MR) is 42.3 cm³/mol. The Morgan fingerprint density at radius 1 is 1.83 bits per heavy atom. The smallest absolute Gasteiger partial charge is 0.150 e. The van der Waals surface area contributed by atoms with Gasteiger partial charge in [0, 0.05) is 24.9 Å². The topological polar surface area (TPSA) is 92.0 Å². The highest BCUT2D eigenvalue weighted by atomic mass is 16.3. The van der Waals surface area contributed by atoms with Gasteiger partial charge in [-0.1, -0.05) is 0 Å². The maximum atomic E-state index is 10.1. The summed E-state index contributed by atoms with van der Waals surface area (Å²) in [5.41, 5.74) is 5.48. The summed E-state index contributed by atoms with van der Waals surface area (Å²) in [5, 5.41) is 8.99. The number of aliphatic hydroxyl groups is 1. The van der Waals surface area contributed by atoms with Crippen LogP contribution in [0.5, 0.6) is 0 Å². The van der Waals surface area contributed by atoms with Gasteiger partial charge in [0.15, 0.2) is 0 Å². The van der Waals surface area contributed by atoms with Gasteiger partial charge < -0.3 is 20.6 Å². The van der Waals surface area contributed by atoms with Crippen LogP contribution in [0.15, 0.2) is 12.4 Å². The Hall–Kier alpha value is -1.20. The van der Waals surface area contributed by atoms with E-state index >= 15 is 0 Å². The maximum absolute atomic E-state index is 10.1. The van der Waals surface area contributed by atoms with E-state index < -0.39 is 12.1 Å². The summed E-state index contributed by atoms with van der Waals surface area (Å²) < 4.78 is 0. The maximum Gasteiger partial charge on any atom is 0.150 e. The Morgan fingerprint density at radius 2 is 2.58 bits per heavy atom. The number of aromatic amines is 1. The minimum atomic E-state index is -1.12. The minimum Gasteiger partial charge on any atom is -0.384 e. The summed E-state index contributed by atoms with van der Waals surface area (Å²) >= 11 is 0. The third kappa shape index (κ3) is 2.14. The van der Waals surface area contributed by atoms with Gasteiger partial charge in [-0.15, -0.1) is 0 Å². The van der Waals surface area contributed by atoms with Crippen molar-refractivity contribution < 1.29 is 9.90 Å². The molecule has 0 aliphatic rings. The number of nitrogens with two attached hydrogens (primary N) is 1.